The minimum absolute atomic E-state index is 0.0607. The second-order valence-electron chi connectivity index (χ2n) is 5.49. The van der Waals surface area contributed by atoms with Crippen molar-refractivity contribution in [2.75, 3.05) is 0 Å². The van der Waals surface area contributed by atoms with E-state index in [0.29, 0.717) is 0 Å². The lowest BCUT2D eigenvalue weighted by Gasteiger charge is -2.35. The van der Waals surface area contributed by atoms with Gasteiger partial charge in [-0.3, -0.25) is 0 Å². The summed E-state index contributed by atoms with van der Waals surface area (Å²) in [4.78, 5) is 4.05. The number of imidazole rings is 1. The largest absolute Gasteiger partial charge is 0.336 e. The zero-order valence-electron chi connectivity index (χ0n) is 11.1. The zero-order valence-corrected chi connectivity index (χ0v) is 11.9. The first-order valence-electron chi connectivity index (χ1n) is 6.83. The maximum absolute atomic E-state index is 12.7. The lowest BCUT2D eigenvalue weighted by Crippen LogP contribution is -2.50. The van der Waals surface area contributed by atoms with E-state index in [9.17, 15) is 8.42 Å². The molecule has 0 radical (unpaired) electrons. The number of piperidine rings is 1. The fourth-order valence-electron chi connectivity index (χ4n) is 3.32. The quantitative estimate of drug-likeness (QED) is 0.878. The molecular formula is C12H20N4O2S. The third-order valence-corrected chi connectivity index (χ3v) is 6.11. The van der Waals surface area contributed by atoms with Crippen LogP contribution in [0.4, 0.5) is 0 Å². The Kier molecular flexibility index (Phi) is 3.15. The predicted molar refractivity (Wildman–Crippen MR) is 70.9 cm³/mol. The minimum atomic E-state index is -3.46. The molecule has 0 aromatic carbocycles. The van der Waals surface area contributed by atoms with E-state index in [1.807, 2.05) is 6.92 Å². The molecule has 1 aromatic heterocycles. The van der Waals surface area contributed by atoms with Gasteiger partial charge in [0.15, 0.2) is 5.03 Å². The molecule has 0 saturated carbocycles. The number of aryl methyl sites for hydroxylation is 1. The van der Waals surface area contributed by atoms with E-state index in [1.165, 1.54) is 0 Å². The Bertz CT molecular complexity index is 554. The third-order valence-electron chi connectivity index (χ3n) is 4.22. The van der Waals surface area contributed by atoms with Gasteiger partial charge in [0.05, 0.1) is 6.33 Å². The maximum Gasteiger partial charge on any atom is 0.262 e. The Hall–Kier alpha value is -0.920. The monoisotopic (exact) mass is 284 g/mol. The molecular weight excluding hydrogens is 264 g/mol. The van der Waals surface area contributed by atoms with Gasteiger partial charge in [0, 0.05) is 30.9 Å². The Balaban J connectivity index is 1.93. The molecule has 2 atom stereocenters. The average Bonchev–Trinajstić information content (AvgIpc) is 2.93. The molecule has 19 heavy (non-hydrogen) atoms. The number of rotatable bonds is 3. The number of hydrogen-bond donors (Lipinski definition) is 1. The summed E-state index contributed by atoms with van der Waals surface area (Å²) in [7, 11) is -3.46. The molecule has 1 aromatic rings. The molecule has 2 aliphatic heterocycles. The van der Waals surface area contributed by atoms with Crippen LogP contribution in [0.1, 0.15) is 32.6 Å². The van der Waals surface area contributed by atoms with Crippen LogP contribution in [0.15, 0.2) is 17.6 Å². The Morgan fingerprint density at radius 1 is 1.37 bits per heavy atom. The van der Waals surface area contributed by atoms with Crippen molar-refractivity contribution in [3.05, 3.63) is 12.5 Å². The molecule has 2 fully saturated rings. The fraction of sp³-hybridized carbons (Fsp3) is 0.750. The van der Waals surface area contributed by atoms with E-state index in [0.717, 1.165) is 32.2 Å². The molecule has 2 saturated heterocycles. The van der Waals surface area contributed by atoms with Crippen LogP contribution in [0.5, 0.6) is 0 Å². The summed E-state index contributed by atoms with van der Waals surface area (Å²) in [6.07, 6.45) is 6.57. The molecule has 0 amide bonds. The van der Waals surface area contributed by atoms with Gasteiger partial charge in [0.25, 0.3) is 10.0 Å². The zero-order chi connectivity index (χ0) is 13.6. The average molecular weight is 284 g/mol. The van der Waals surface area contributed by atoms with Crippen molar-refractivity contribution in [3.8, 4) is 0 Å². The van der Waals surface area contributed by atoms with E-state index < -0.39 is 10.0 Å². The van der Waals surface area contributed by atoms with Crippen LogP contribution in [-0.2, 0) is 16.6 Å². The number of aromatic nitrogens is 2. The fourth-order valence-corrected chi connectivity index (χ4v) is 5.16. The highest BCUT2D eigenvalue weighted by atomic mass is 32.2. The topological polar surface area (TPSA) is 81.2 Å². The summed E-state index contributed by atoms with van der Waals surface area (Å²) in [5.41, 5.74) is 5.98. The smallest absolute Gasteiger partial charge is 0.262 e. The van der Waals surface area contributed by atoms with Gasteiger partial charge in [0.2, 0.25) is 0 Å². The number of hydrogen-bond acceptors (Lipinski definition) is 4. The van der Waals surface area contributed by atoms with Crippen molar-refractivity contribution in [1.82, 2.24) is 13.9 Å². The van der Waals surface area contributed by atoms with Crippen LogP contribution in [-0.4, -0.2) is 40.4 Å². The maximum atomic E-state index is 12.7. The van der Waals surface area contributed by atoms with E-state index in [4.69, 9.17) is 5.73 Å². The van der Waals surface area contributed by atoms with E-state index in [-0.39, 0.29) is 23.2 Å². The first-order valence-corrected chi connectivity index (χ1v) is 8.27. The molecule has 7 heteroatoms. The van der Waals surface area contributed by atoms with Crippen molar-refractivity contribution in [2.24, 2.45) is 5.73 Å². The summed E-state index contributed by atoms with van der Waals surface area (Å²) < 4.78 is 28.8. The highest BCUT2D eigenvalue weighted by molar-refractivity contribution is 7.89. The molecule has 0 aliphatic carbocycles. The summed E-state index contributed by atoms with van der Waals surface area (Å²) in [6.45, 7) is 2.68. The summed E-state index contributed by atoms with van der Waals surface area (Å²) >= 11 is 0. The third kappa shape index (κ3) is 2.09. The van der Waals surface area contributed by atoms with Crippen molar-refractivity contribution < 1.29 is 8.42 Å². The molecule has 2 aliphatic rings. The summed E-state index contributed by atoms with van der Waals surface area (Å²) in [5, 5.41) is 0.168. The first-order chi connectivity index (χ1) is 9.02. The highest BCUT2D eigenvalue weighted by Crippen LogP contribution is 2.38. The standard InChI is InChI=1S/C12H20N4O2S/c1-2-15-7-12(14-8-15)19(17,18)16-10-3-4-11(16)6-9(13)5-10/h7-11H,2-6,13H2,1H3. The second-order valence-corrected chi connectivity index (χ2v) is 7.28. The van der Waals surface area contributed by atoms with Gasteiger partial charge >= 0.3 is 0 Å². The van der Waals surface area contributed by atoms with Gasteiger partial charge < -0.3 is 10.3 Å². The van der Waals surface area contributed by atoms with Gasteiger partial charge in [-0.2, -0.15) is 4.31 Å². The van der Waals surface area contributed by atoms with Gasteiger partial charge in [-0.25, -0.2) is 13.4 Å². The SMILES string of the molecule is CCn1cnc(S(=O)(=O)N2C3CCC2CC(N)C3)c1. The van der Waals surface area contributed by atoms with Crippen molar-refractivity contribution >= 4 is 10.0 Å². The van der Waals surface area contributed by atoms with Crippen molar-refractivity contribution in [1.29, 1.82) is 0 Å². The Labute approximate surface area is 113 Å². The van der Waals surface area contributed by atoms with Gasteiger partial charge in [0.1, 0.15) is 0 Å². The Morgan fingerprint density at radius 2 is 2.00 bits per heavy atom. The molecule has 106 valence electrons. The number of nitrogens with zero attached hydrogens (tertiary/aromatic N) is 3. The van der Waals surface area contributed by atoms with Crippen LogP contribution in [0.2, 0.25) is 0 Å². The minimum Gasteiger partial charge on any atom is -0.336 e. The Morgan fingerprint density at radius 3 is 2.53 bits per heavy atom. The molecule has 3 rings (SSSR count). The molecule has 2 bridgehead atoms. The van der Waals surface area contributed by atoms with Crippen LogP contribution in [0, 0.1) is 0 Å². The van der Waals surface area contributed by atoms with E-state index in [2.05, 4.69) is 4.98 Å². The van der Waals surface area contributed by atoms with Crippen molar-refractivity contribution in [2.45, 2.75) is 62.3 Å². The van der Waals surface area contributed by atoms with Crippen LogP contribution in [0.3, 0.4) is 0 Å². The van der Waals surface area contributed by atoms with E-state index >= 15 is 0 Å². The molecule has 2 unspecified atom stereocenters. The highest BCUT2D eigenvalue weighted by Gasteiger charge is 2.47. The van der Waals surface area contributed by atoms with Crippen LogP contribution < -0.4 is 5.73 Å². The predicted octanol–water partition coefficient (Wildman–Crippen LogP) is 0.546. The lowest BCUT2D eigenvalue weighted by molar-refractivity contribution is 0.227. The first kappa shape index (κ1) is 13.1. The van der Waals surface area contributed by atoms with Crippen LogP contribution in [0.25, 0.3) is 0 Å². The number of nitrogens with two attached hydrogens (primary N) is 1. The summed E-state index contributed by atoms with van der Waals surface area (Å²) in [6, 6.07) is 0.258. The van der Waals surface area contributed by atoms with E-state index in [1.54, 1.807) is 21.4 Å². The molecule has 2 N–H and O–H groups in total. The number of fused-ring (bicyclic) bond motifs is 2. The van der Waals surface area contributed by atoms with Crippen molar-refractivity contribution in [3.63, 3.8) is 0 Å². The number of sulfonamides is 1. The van der Waals surface area contributed by atoms with Crippen LogP contribution >= 0.6 is 0 Å². The second kappa shape index (κ2) is 4.57. The molecule has 6 nitrogen and oxygen atoms in total. The normalized spacial score (nSPS) is 31.8. The molecule has 0 spiro atoms. The molecule has 3 heterocycles. The summed E-state index contributed by atoms with van der Waals surface area (Å²) in [5.74, 6) is 0. The van der Waals surface area contributed by atoms with Gasteiger partial charge in [-0.05, 0) is 32.6 Å². The lowest BCUT2D eigenvalue weighted by atomic mass is 10.0. The van der Waals surface area contributed by atoms with Gasteiger partial charge in [-0.1, -0.05) is 0 Å². The van der Waals surface area contributed by atoms with Gasteiger partial charge in [-0.15, -0.1) is 0 Å².